The van der Waals surface area contributed by atoms with Crippen LogP contribution in [0.1, 0.15) is 30.9 Å². The Bertz CT molecular complexity index is 447. The molecule has 1 aliphatic rings. The van der Waals surface area contributed by atoms with Gasteiger partial charge in [0.25, 0.3) is 0 Å². The van der Waals surface area contributed by atoms with Gasteiger partial charge in [-0.3, -0.25) is 4.79 Å². The first-order valence-corrected chi connectivity index (χ1v) is 7.03. The maximum Gasteiger partial charge on any atom is 0.223 e. The first kappa shape index (κ1) is 17.9. The number of hydrogen-bond donors (Lipinski definition) is 2. The number of piperidine rings is 1. The van der Waals surface area contributed by atoms with E-state index in [0.717, 1.165) is 18.4 Å². The first-order valence-electron chi connectivity index (χ1n) is 7.03. The predicted molar refractivity (Wildman–Crippen MR) is 81.6 cm³/mol. The third-order valence-electron chi connectivity index (χ3n) is 3.91. The van der Waals surface area contributed by atoms with E-state index in [1.807, 2.05) is 0 Å². The van der Waals surface area contributed by atoms with Gasteiger partial charge >= 0.3 is 0 Å². The van der Waals surface area contributed by atoms with Gasteiger partial charge in [0.05, 0.1) is 6.10 Å². The van der Waals surface area contributed by atoms with Crippen molar-refractivity contribution in [2.24, 2.45) is 11.7 Å². The van der Waals surface area contributed by atoms with E-state index in [9.17, 15) is 14.3 Å². The molecule has 21 heavy (non-hydrogen) atoms. The van der Waals surface area contributed by atoms with Crippen molar-refractivity contribution in [2.45, 2.75) is 25.4 Å². The van der Waals surface area contributed by atoms with Crippen molar-refractivity contribution >= 4 is 18.3 Å². The van der Waals surface area contributed by atoms with Gasteiger partial charge in [0, 0.05) is 26.1 Å². The van der Waals surface area contributed by atoms with Gasteiger partial charge in [-0.25, -0.2) is 4.39 Å². The molecule has 1 aliphatic heterocycles. The summed E-state index contributed by atoms with van der Waals surface area (Å²) in [5.41, 5.74) is 6.12. The molecule has 1 heterocycles. The van der Waals surface area contributed by atoms with Crippen LogP contribution in [0.3, 0.4) is 0 Å². The molecule has 1 fully saturated rings. The number of nitrogens with zero attached hydrogens (tertiary/aromatic N) is 1. The molecule has 0 bridgehead atoms. The zero-order valence-corrected chi connectivity index (χ0v) is 12.7. The van der Waals surface area contributed by atoms with Gasteiger partial charge in [-0.2, -0.15) is 0 Å². The van der Waals surface area contributed by atoms with Gasteiger partial charge in [0.2, 0.25) is 5.91 Å². The van der Waals surface area contributed by atoms with Gasteiger partial charge in [-0.1, -0.05) is 12.1 Å². The van der Waals surface area contributed by atoms with Crippen molar-refractivity contribution in [1.29, 1.82) is 0 Å². The van der Waals surface area contributed by atoms with E-state index in [-0.39, 0.29) is 30.0 Å². The molecule has 1 atom stereocenters. The zero-order valence-electron chi connectivity index (χ0n) is 11.9. The molecule has 0 spiro atoms. The first-order chi connectivity index (χ1) is 9.61. The Morgan fingerprint density at radius 2 is 1.90 bits per heavy atom. The predicted octanol–water partition coefficient (Wildman–Crippen LogP) is 1.87. The molecular formula is C15H22ClFN2O2. The highest BCUT2D eigenvalue weighted by molar-refractivity contribution is 5.85. The highest BCUT2D eigenvalue weighted by atomic mass is 35.5. The van der Waals surface area contributed by atoms with Crippen molar-refractivity contribution in [3.8, 4) is 0 Å². The fourth-order valence-corrected chi connectivity index (χ4v) is 2.68. The average molecular weight is 317 g/mol. The Balaban J connectivity index is 0.00000220. The number of aliphatic hydroxyl groups excluding tert-OH is 1. The SMILES string of the molecule is Cl.NCCC(=O)N1CCC(C(O)c2ccc(F)cc2)CC1. The van der Waals surface area contributed by atoms with Crippen molar-refractivity contribution in [2.75, 3.05) is 19.6 Å². The lowest BCUT2D eigenvalue weighted by atomic mass is 9.87. The van der Waals surface area contributed by atoms with Crippen LogP contribution in [0.5, 0.6) is 0 Å². The van der Waals surface area contributed by atoms with Gasteiger partial charge in [0.1, 0.15) is 5.82 Å². The van der Waals surface area contributed by atoms with Crippen LogP contribution in [0.4, 0.5) is 4.39 Å². The van der Waals surface area contributed by atoms with Crippen LogP contribution in [0.2, 0.25) is 0 Å². The van der Waals surface area contributed by atoms with E-state index >= 15 is 0 Å². The molecule has 1 aromatic carbocycles. The third-order valence-corrected chi connectivity index (χ3v) is 3.91. The number of amides is 1. The van der Waals surface area contributed by atoms with E-state index in [1.54, 1.807) is 17.0 Å². The summed E-state index contributed by atoms with van der Waals surface area (Å²) < 4.78 is 12.9. The molecule has 0 saturated carbocycles. The minimum absolute atomic E-state index is 0. The number of halogens is 2. The molecule has 3 N–H and O–H groups in total. The smallest absolute Gasteiger partial charge is 0.223 e. The summed E-state index contributed by atoms with van der Waals surface area (Å²) in [4.78, 5) is 13.5. The van der Waals surface area contributed by atoms with Crippen molar-refractivity contribution in [3.63, 3.8) is 0 Å². The molecule has 1 aromatic rings. The summed E-state index contributed by atoms with van der Waals surface area (Å²) in [5, 5.41) is 10.3. The van der Waals surface area contributed by atoms with Crippen LogP contribution < -0.4 is 5.73 Å². The van der Waals surface area contributed by atoms with Gasteiger partial charge in [-0.05, 0) is 36.5 Å². The molecule has 118 valence electrons. The summed E-state index contributed by atoms with van der Waals surface area (Å²) >= 11 is 0. The standard InChI is InChI=1S/C15H21FN2O2.ClH/c16-13-3-1-11(2-4-13)15(20)12-6-9-18(10-7-12)14(19)5-8-17;/h1-4,12,15,20H,5-10,17H2;1H. The van der Waals surface area contributed by atoms with Crippen molar-refractivity contribution in [3.05, 3.63) is 35.6 Å². The number of hydrogen-bond acceptors (Lipinski definition) is 3. The van der Waals surface area contributed by atoms with E-state index in [1.165, 1.54) is 12.1 Å². The number of benzene rings is 1. The normalized spacial score (nSPS) is 17.2. The van der Waals surface area contributed by atoms with Gasteiger partial charge in [-0.15, -0.1) is 12.4 Å². The van der Waals surface area contributed by atoms with Crippen molar-refractivity contribution < 1.29 is 14.3 Å². The number of aliphatic hydroxyl groups is 1. The summed E-state index contributed by atoms with van der Waals surface area (Å²) in [6.45, 7) is 1.68. The quantitative estimate of drug-likeness (QED) is 0.891. The van der Waals surface area contributed by atoms with Crippen LogP contribution in [-0.4, -0.2) is 35.5 Å². The molecule has 1 amide bonds. The average Bonchev–Trinajstić information content (AvgIpc) is 2.48. The van der Waals surface area contributed by atoms with Crippen LogP contribution in [0.25, 0.3) is 0 Å². The number of likely N-dealkylation sites (tertiary alicyclic amines) is 1. The summed E-state index contributed by atoms with van der Waals surface area (Å²) in [5.74, 6) is -0.104. The number of carbonyl (C=O) groups is 1. The lowest BCUT2D eigenvalue weighted by molar-refractivity contribution is -0.133. The Labute approximate surface area is 130 Å². The summed E-state index contributed by atoms with van der Waals surface area (Å²) in [6, 6.07) is 5.95. The second kappa shape index (κ2) is 8.32. The number of rotatable bonds is 4. The largest absolute Gasteiger partial charge is 0.388 e. The monoisotopic (exact) mass is 316 g/mol. The third kappa shape index (κ3) is 4.66. The minimum atomic E-state index is -0.595. The molecular weight excluding hydrogens is 295 g/mol. The molecule has 1 saturated heterocycles. The Morgan fingerprint density at radius 1 is 1.33 bits per heavy atom. The topological polar surface area (TPSA) is 66.6 Å². The van der Waals surface area contributed by atoms with Gasteiger partial charge in [0.15, 0.2) is 0 Å². The van der Waals surface area contributed by atoms with Gasteiger partial charge < -0.3 is 15.7 Å². The second-order valence-corrected chi connectivity index (χ2v) is 5.25. The Morgan fingerprint density at radius 3 is 2.43 bits per heavy atom. The van der Waals surface area contributed by atoms with Crippen LogP contribution in [-0.2, 0) is 4.79 Å². The molecule has 0 radical (unpaired) electrons. The Kier molecular flexibility index (Phi) is 7.08. The highest BCUT2D eigenvalue weighted by Crippen LogP contribution is 2.30. The lowest BCUT2D eigenvalue weighted by Gasteiger charge is -2.34. The van der Waals surface area contributed by atoms with E-state index < -0.39 is 6.10 Å². The van der Waals surface area contributed by atoms with Crippen molar-refractivity contribution in [1.82, 2.24) is 4.90 Å². The maximum absolute atomic E-state index is 12.9. The Hall–Kier alpha value is -1.17. The minimum Gasteiger partial charge on any atom is -0.388 e. The summed E-state index contributed by atoms with van der Waals surface area (Å²) in [6.07, 6.45) is 1.30. The van der Waals surface area contributed by atoms with Crippen LogP contribution >= 0.6 is 12.4 Å². The van der Waals surface area contributed by atoms with Crippen LogP contribution in [0, 0.1) is 11.7 Å². The number of nitrogens with two attached hydrogens (primary N) is 1. The molecule has 0 aromatic heterocycles. The van der Waals surface area contributed by atoms with E-state index in [0.29, 0.717) is 26.1 Å². The summed E-state index contributed by atoms with van der Waals surface area (Å²) in [7, 11) is 0. The van der Waals surface area contributed by atoms with E-state index in [4.69, 9.17) is 5.73 Å². The molecule has 6 heteroatoms. The molecule has 4 nitrogen and oxygen atoms in total. The molecule has 1 unspecified atom stereocenters. The lowest BCUT2D eigenvalue weighted by Crippen LogP contribution is -2.40. The molecule has 0 aliphatic carbocycles. The highest BCUT2D eigenvalue weighted by Gasteiger charge is 2.27. The fourth-order valence-electron chi connectivity index (χ4n) is 2.68. The zero-order chi connectivity index (χ0) is 14.5. The second-order valence-electron chi connectivity index (χ2n) is 5.25. The fraction of sp³-hybridized carbons (Fsp3) is 0.533. The number of carbonyl (C=O) groups excluding carboxylic acids is 1. The maximum atomic E-state index is 12.9. The van der Waals surface area contributed by atoms with Crippen LogP contribution in [0.15, 0.2) is 24.3 Å². The molecule has 2 rings (SSSR count). The van der Waals surface area contributed by atoms with E-state index in [2.05, 4.69) is 0 Å².